The van der Waals surface area contributed by atoms with Crippen molar-refractivity contribution in [2.75, 3.05) is 12.4 Å². The molecule has 0 radical (unpaired) electrons. The molecule has 1 heterocycles. The van der Waals surface area contributed by atoms with Gasteiger partial charge in [0.15, 0.2) is 0 Å². The lowest BCUT2D eigenvalue weighted by Crippen LogP contribution is -2.12. The molecule has 1 aromatic carbocycles. The average Bonchev–Trinajstić information content (AvgIpc) is 2.81. The summed E-state index contributed by atoms with van der Waals surface area (Å²) in [5, 5.41) is 7.80. The van der Waals surface area contributed by atoms with Crippen LogP contribution in [0.25, 0.3) is 0 Å². The minimum atomic E-state index is -0.357. The van der Waals surface area contributed by atoms with Crippen LogP contribution in [0, 0.1) is 6.92 Å². The first-order valence-electron chi connectivity index (χ1n) is 7.23. The van der Waals surface area contributed by atoms with Crippen LogP contribution < -0.4 is 5.32 Å². The molecule has 0 aliphatic rings. The Morgan fingerprint density at radius 1 is 1.27 bits per heavy atom. The summed E-state index contributed by atoms with van der Waals surface area (Å²) in [6.45, 7) is 8.29. The Kier molecular flexibility index (Phi) is 4.26. The van der Waals surface area contributed by atoms with Crippen molar-refractivity contribution in [3.8, 4) is 0 Å². The van der Waals surface area contributed by atoms with Gasteiger partial charge in [-0.3, -0.25) is 4.68 Å². The maximum Gasteiger partial charge on any atom is 0.339 e. The number of benzene rings is 1. The van der Waals surface area contributed by atoms with Crippen LogP contribution in [0.3, 0.4) is 0 Å². The van der Waals surface area contributed by atoms with Crippen LogP contribution in [0.15, 0.2) is 24.3 Å². The molecule has 0 unspecified atom stereocenters. The van der Waals surface area contributed by atoms with Crippen molar-refractivity contribution in [3.63, 3.8) is 0 Å². The molecule has 118 valence electrons. The number of aromatic nitrogens is 2. The fourth-order valence-corrected chi connectivity index (χ4v) is 2.13. The summed E-state index contributed by atoms with van der Waals surface area (Å²) < 4.78 is 6.64. The molecule has 5 heteroatoms. The fraction of sp³-hybridized carbons (Fsp3) is 0.412. The number of ether oxygens (including phenoxy) is 1. The number of nitrogens with zero attached hydrogens (tertiary/aromatic N) is 2. The molecule has 2 rings (SSSR count). The predicted octanol–water partition coefficient (Wildman–Crippen LogP) is 3.56. The second-order valence-electron chi connectivity index (χ2n) is 6.45. The Balaban J connectivity index is 2.39. The van der Waals surface area contributed by atoms with E-state index in [1.165, 1.54) is 7.11 Å². The first-order valence-corrected chi connectivity index (χ1v) is 7.23. The number of esters is 1. The summed E-state index contributed by atoms with van der Waals surface area (Å²) in [5.74, 6) is 0.475. The molecule has 0 fully saturated rings. The Labute approximate surface area is 131 Å². The second kappa shape index (κ2) is 5.83. The summed E-state index contributed by atoms with van der Waals surface area (Å²) in [6.07, 6.45) is 0. The van der Waals surface area contributed by atoms with Gasteiger partial charge in [0, 0.05) is 18.5 Å². The number of rotatable bonds is 3. The first-order chi connectivity index (χ1) is 10.2. The smallest absolute Gasteiger partial charge is 0.339 e. The van der Waals surface area contributed by atoms with Crippen LogP contribution >= 0.6 is 0 Å². The summed E-state index contributed by atoms with van der Waals surface area (Å²) >= 11 is 0. The van der Waals surface area contributed by atoms with Gasteiger partial charge in [-0.05, 0) is 19.1 Å². The molecule has 0 spiro atoms. The van der Waals surface area contributed by atoms with Gasteiger partial charge in [0.1, 0.15) is 5.82 Å². The molecule has 0 saturated heterocycles. The van der Waals surface area contributed by atoms with E-state index in [9.17, 15) is 4.79 Å². The first kappa shape index (κ1) is 16.1. The predicted molar refractivity (Wildman–Crippen MR) is 87.7 cm³/mol. The Morgan fingerprint density at radius 2 is 1.95 bits per heavy atom. The van der Waals surface area contributed by atoms with Gasteiger partial charge in [0.2, 0.25) is 0 Å². The summed E-state index contributed by atoms with van der Waals surface area (Å²) in [7, 11) is 3.26. The van der Waals surface area contributed by atoms with E-state index in [4.69, 9.17) is 4.74 Å². The molecule has 0 atom stereocenters. The molecule has 0 aliphatic carbocycles. The van der Waals surface area contributed by atoms with Crippen molar-refractivity contribution >= 4 is 17.5 Å². The van der Waals surface area contributed by atoms with Crippen LogP contribution in [0.1, 0.15) is 42.4 Å². The minimum absolute atomic E-state index is 0.0316. The standard InChI is InChI=1S/C17H23N3O2/c1-11-7-8-13(12(9-11)16(21)22-6)18-15-10-14(17(2,3)4)19-20(15)5/h7-10,18H,1-6H3. The number of hydrogen-bond donors (Lipinski definition) is 1. The lowest BCUT2D eigenvalue weighted by molar-refractivity contribution is 0.0602. The van der Waals surface area contributed by atoms with Crippen molar-refractivity contribution < 1.29 is 9.53 Å². The van der Waals surface area contributed by atoms with Crippen LogP contribution in [0.4, 0.5) is 11.5 Å². The van der Waals surface area contributed by atoms with E-state index >= 15 is 0 Å². The zero-order valence-corrected chi connectivity index (χ0v) is 14.0. The maximum atomic E-state index is 11.9. The minimum Gasteiger partial charge on any atom is -0.465 e. The fourth-order valence-electron chi connectivity index (χ4n) is 2.13. The van der Waals surface area contributed by atoms with Crippen LogP contribution in [-0.4, -0.2) is 22.9 Å². The molecule has 0 saturated carbocycles. The van der Waals surface area contributed by atoms with E-state index in [1.54, 1.807) is 4.68 Å². The number of hydrogen-bond acceptors (Lipinski definition) is 4. The van der Waals surface area contributed by atoms with E-state index in [0.717, 1.165) is 17.1 Å². The number of anilines is 2. The van der Waals surface area contributed by atoms with E-state index in [-0.39, 0.29) is 11.4 Å². The van der Waals surface area contributed by atoms with Gasteiger partial charge in [0.05, 0.1) is 24.1 Å². The number of nitrogens with one attached hydrogen (secondary N) is 1. The summed E-state index contributed by atoms with van der Waals surface area (Å²) in [4.78, 5) is 11.9. The number of carbonyl (C=O) groups is 1. The summed E-state index contributed by atoms with van der Waals surface area (Å²) in [6, 6.07) is 7.65. The number of methoxy groups -OCH3 is 1. The van der Waals surface area contributed by atoms with Gasteiger partial charge in [-0.1, -0.05) is 32.4 Å². The molecular formula is C17H23N3O2. The lowest BCUT2D eigenvalue weighted by atomic mass is 9.92. The highest BCUT2D eigenvalue weighted by Gasteiger charge is 2.20. The van der Waals surface area contributed by atoms with Gasteiger partial charge < -0.3 is 10.1 Å². The van der Waals surface area contributed by atoms with Crippen molar-refractivity contribution in [3.05, 3.63) is 41.1 Å². The van der Waals surface area contributed by atoms with Crippen LogP contribution in [0.2, 0.25) is 0 Å². The highest BCUT2D eigenvalue weighted by Crippen LogP contribution is 2.27. The van der Waals surface area contributed by atoms with Gasteiger partial charge >= 0.3 is 5.97 Å². The third-order valence-corrected chi connectivity index (χ3v) is 3.49. The molecule has 2 aromatic rings. The van der Waals surface area contributed by atoms with E-state index in [2.05, 4.69) is 31.2 Å². The molecule has 5 nitrogen and oxygen atoms in total. The average molecular weight is 301 g/mol. The van der Waals surface area contributed by atoms with Crippen molar-refractivity contribution in [2.24, 2.45) is 7.05 Å². The molecule has 0 amide bonds. The third kappa shape index (κ3) is 3.30. The van der Waals surface area contributed by atoms with Crippen molar-refractivity contribution in [2.45, 2.75) is 33.1 Å². The number of aryl methyl sites for hydroxylation is 2. The molecule has 0 bridgehead atoms. The normalized spacial score (nSPS) is 11.4. The molecule has 1 N–H and O–H groups in total. The summed E-state index contributed by atoms with van der Waals surface area (Å²) in [5.41, 5.74) is 3.19. The zero-order chi connectivity index (χ0) is 16.5. The van der Waals surface area contributed by atoms with Gasteiger partial charge in [-0.2, -0.15) is 5.10 Å². The highest BCUT2D eigenvalue weighted by molar-refractivity contribution is 5.96. The van der Waals surface area contributed by atoms with Gasteiger partial charge in [-0.15, -0.1) is 0 Å². The molecule has 1 aromatic heterocycles. The van der Waals surface area contributed by atoms with E-state index < -0.39 is 0 Å². The zero-order valence-electron chi connectivity index (χ0n) is 14.0. The molecule has 0 aliphatic heterocycles. The van der Waals surface area contributed by atoms with Crippen molar-refractivity contribution in [1.29, 1.82) is 0 Å². The van der Waals surface area contributed by atoms with Crippen LogP contribution in [-0.2, 0) is 17.2 Å². The van der Waals surface area contributed by atoms with E-state index in [1.807, 2.05) is 38.2 Å². The Bertz CT molecular complexity index is 696. The van der Waals surface area contributed by atoms with E-state index in [0.29, 0.717) is 11.3 Å². The van der Waals surface area contributed by atoms with Gasteiger partial charge in [-0.25, -0.2) is 4.79 Å². The SMILES string of the molecule is COC(=O)c1cc(C)ccc1Nc1cc(C(C)(C)C)nn1C. The quantitative estimate of drug-likeness (QED) is 0.881. The topological polar surface area (TPSA) is 56.1 Å². The number of carbonyl (C=O) groups excluding carboxylic acids is 1. The maximum absolute atomic E-state index is 11.9. The lowest BCUT2D eigenvalue weighted by Gasteiger charge is -2.13. The largest absolute Gasteiger partial charge is 0.465 e. The monoisotopic (exact) mass is 301 g/mol. The third-order valence-electron chi connectivity index (χ3n) is 3.49. The highest BCUT2D eigenvalue weighted by atomic mass is 16.5. The second-order valence-corrected chi connectivity index (χ2v) is 6.45. The molecular weight excluding hydrogens is 278 g/mol. The Morgan fingerprint density at radius 3 is 2.50 bits per heavy atom. The van der Waals surface area contributed by atoms with Crippen molar-refractivity contribution in [1.82, 2.24) is 9.78 Å². The molecule has 22 heavy (non-hydrogen) atoms. The van der Waals surface area contributed by atoms with Gasteiger partial charge in [0.25, 0.3) is 0 Å². The Hall–Kier alpha value is -2.30. The van der Waals surface area contributed by atoms with Crippen LogP contribution in [0.5, 0.6) is 0 Å².